The highest BCUT2D eigenvalue weighted by molar-refractivity contribution is 5.96. The van der Waals surface area contributed by atoms with Crippen molar-refractivity contribution in [1.82, 2.24) is 25.1 Å². The van der Waals surface area contributed by atoms with Gasteiger partial charge < -0.3 is 9.88 Å². The van der Waals surface area contributed by atoms with Crippen molar-refractivity contribution >= 4 is 23.0 Å². The molecule has 134 valence electrons. The van der Waals surface area contributed by atoms with Crippen molar-refractivity contribution in [3.05, 3.63) is 30.6 Å². The maximum Gasteiger partial charge on any atom is 0.321 e. The zero-order chi connectivity index (χ0) is 17.8. The van der Waals surface area contributed by atoms with Crippen LogP contribution in [0.3, 0.4) is 0 Å². The minimum Gasteiger partial charge on any atom is -0.338 e. The first kappa shape index (κ1) is 17.4. The van der Waals surface area contributed by atoms with Crippen molar-refractivity contribution in [2.45, 2.75) is 38.8 Å². The van der Waals surface area contributed by atoms with Crippen LogP contribution in [0.2, 0.25) is 0 Å². The van der Waals surface area contributed by atoms with Crippen LogP contribution in [0.25, 0.3) is 11.0 Å². The summed E-state index contributed by atoms with van der Waals surface area (Å²) in [5.41, 5.74) is 2.11. The zero-order valence-electron chi connectivity index (χ0n) is 14.7. The third-order valence-corrected chi connectivity index (χ3v) is 4.80. The molecule has 7 heteroatoms. The first-order valence-electron chi connectivity index (χ1n) is 8.84. The molecule has 25 heavy (non-hydrogen) atoms. The van der Waals surface area contributed by atoms with Gasteiger partial charge in [0.15, 0.2) is 0 Å². The number of para-hydroxylation sites is 2. The molecule has 1 aliphatic rings. The Hall–Kier alpha value is -2.41. The number of hydrogen-bond donors (Lipinski definition) is 2. The van der Waals surface area contributed by atoms with Crippen molar-refractivity contribution in [3.8, 4) is 0 Å². The highest BCUT2D eigenvalue weighted by Crippen LogP contribution is 2.26. The van der Waals surface area contributed by atoms with Gasteiger partial charge in [0, 0.05) is 19.1 Å². The van der Waals surface area contributed by atoms with Crippen LogP contribution < -0.4 is 10.6 Å². The molecule has 3 amide bonds. The van der Waals surface area contributed by atoms with E-state index in [-0.39, 0.29) is 18.0 Å². The summed E-state index contributed by atoms with van der Waals surface area (Å²) >= 11 is 0. The van der Waals surface area contributed by atoms with Crippen LogP contribution in [0.15, 0.2) is 30.6 Å². The van der Waals surface area contributed by atoms with Gasteiger partial charge >= 0.3 is 6.03 Å². The molecule has 0 radical (unpaired) electrons. The number of imidazole rings is 1. The molecular weight excluding hydrogens is 318 g/mol. The van der Waals surface area contributed by atoms with E-state index in [2.05, 4.69) is 31.2 Å². The molecule has 0 aliphatic carbocycles. The number of rotatable bonds is 4. The molecule has 2 atom stereocenters. The van der Waals surface area contributed by atoms with Crippen molar-refractivity contribution in [1.29, 1.82) is 0 Å². The van der Waals surface area contributed by atoms with Gasteiger partial charge in [0.2, 0.25) is 5.91 Å². The number of nitrogens with zero attached hydrogens (tertiary/aromatic N) is 3. The van der Waals surface area contributed by atoms with Gasteiger partial charge in [0.05, 0.1) is 23.4 Å². The number of piperidine rings is 1. The Morgan fingerprint density at radius 3 is 2.96 bits per heavy atom. The number of amides is 3. The van der Waals surface area contributed by atoms with Gasteiger partial charge in [-0.05, 0) is 45.4 Å². The van der Waals surface area contributed by atoms with Crippen LogP contribution >= 0.6 is 0 Å². The topological polar surface area (TPSA) is 79.3 Å². The van der Waals surface area contributed by atoms with Crippen LogP contribution in [0.1, 0.15) is 32.7 Å². The average molecular weight is 343 g/mol. The van der Waals surface area contributed by atoms with E-state index in [1.165, 1.54) is 0 Å². The highest BCUT2D eigenvalue weighted by Gasteiger charge is 2.29. The van der Waals surface area contributed by atoms with Gasteiger partial charge in [0.25, 0.3) is 0 Å². The van der Waals surface area contributed by atoms with E-state index >= 15 is 0 Å². The number of imide groups is 1. The molecule has 1 aromatic heterocycles. The number of nitrogens with one attached hydrogen (secondary N) is 2. The molecule has 0 spiro atoms. The third kappa shape index (κ3) is 3.82. The summed E-state index contributed by atoms with van der Waals surface area (Å²) < 4.78 is 2.20. The standard InChI is InChI=1S/C18H25N5O2/c1-3-19-18(25)21-17(24)13(2)22-10-6-7-14(11-22)23-12-20-15-8-4-5-9-16(15)23/h4-5,8-9,12-14H,3,6-7,10-11H2,1-2H3,(H2,19,21,24,25). The summed E-state index contributed by atoms with van der Waals surface area (Å²) in [5, 5.41) is 4.99. The Balaban J connectivity index is 1.68. The molecule has 2 unspecified atom stereocenters. The van der Waals surface area contributed by atoms with E-state index in [1.807, 2.05) is 38.4 Å². The molecule has 0 bridgehead atoms. The molecule has 1 saturated heterocycles. The summed E-state index contributed by atoms with van der Waals surface area (Å²) in [5.74, 6) is -0.262. The normalized spacial score (nSPS) is 19.5. The Bertz CT molecular complexity index is 757. The van der Waals surface area contributed by atoms with Crippen LogP contribution in [0, 0.1) is 0 Å². The van der Waals surface area contributed by atoms with E-state index in [9.17, 15) is 9.59 Å². The molecule has 1 aliphatic heterocycles. The molecule has 0 saturated carbocycles. The zero-order valence-corrected chi connectivity index (χ0v) is 14.7. The molecule has 2 heterocycles. The second-order valence-electron chi connectivity index (χ2n) is 6.46. The number of hydrogen-bond acceptors (Lipinski definition) is 4. The monoisotopic (exact) mass is 343 g/mol. The first-order valence-corrected chi connectivity index (χ1v) is 8.84. The molecule has 2 aromatic rings. The number of carbonyl (C=O) groups excluding carboxylic acids is 2. The van der Waals surface area contributed by atoms with Crippen LogP contribution in [0.5, 0.6) is 0 Å². The van der Waals surface area contributed by atoms with Crippen LogP contribution in [-0.4, -0.2) is 52.1 Å². The van der Waals surface area contributed by atoms with E-state index < -0.39 is 6.03 Å². The lowest BCUT2D eigenvalue weighted by Crippen LogP contribution is -2.52. The smallest absolute Gasteiger partial charge is 0.321 e. The summed E-state index contributed by atoms with van der Waals surface area (Å²) in [6, 6.07) is 7.58. The number of fused-ring (bicyclic) bond motifs is 1. The molecule has 7 nitrogen and oxygen atoms in total. The van der Waals surface area contributed by atoms with Gasteiger partial charge in [-0.15, -0.1) is 0 Å². The summed E-state index contributed by atoms with van der Waals surface area (Å²) in [7, 11) is 0. The molecule has 1 aromatic carbocycles. The van der Waals surface area contributed by atoms with Gasteiger partial charge in [-0.2, -0.15) is 0 Å². The average Bonchev–Trinajstić information content (AvgIpc) is 3.05. The fourth-order valence-electron chi connectivity index (χ4n) is 3.42. The second-order valence-corrected chi connectivity index (χ2v) is 6.46. The maximum atomic E-state index is 12.3. The number of benzene rings is 1. The number of urea groups is 1. The second kappa shape index (κ2) is 7.65. The minimum absolute atomic E-state index is 0.262. The van der Waals surface area contributed by atoms with Gasteiger partial charge in [-0.3, -0.25) is 15.0 Å². The predicted octanol–water partition coefficient (Wildman–Crippen LogP) is 1.91. The van der Waals surface area contributed by atoms with Crippen molar-refractivity contribution in [2.75, 3.05) is 19.6 Å². The highest BCUT2D eigenvalue weighted by atomic mass is 16.2. The van der Waals surface area contributed by atoms with E-state index in [0.717, 1.165) is 37.0 Å². The van der Waals surface area contributed by atoms with Gasteiger partial charge in [0.1, 0.15) is 0 Å². The van der Waals surface area contributed by atoms with Crippen LogP contribution in [0.4, 0.5) is 4.79 Å². The van der Waals surface area contributed by atoms with E-state index in [4.69, 9.17) is 0 Å². The summed E-state index contributed by atoms with van der Waals surface area (Å²) in [6.07, 6.45) is 3.95. The Morgan fingerprint density at radius 1 is 1.36 bits per heavy atom. The van der Waals surface area contributed by atoms with Crippen LogP contribution in [-0.2, 0) is 4.79 Å². The predicted molar refractivity (Wildman–Crippen MR) is 96.3 cm³/mol. The maximum absolute atomic E-state index is 12.3. The summed E-state index contributed by atoms with van der Waals surface area (Å²) in [6.45, 7) is 5.78. The van der Waals surface area contributed by atoms with E-state index in [1.54, 1.807) is 0 Å². The van der Waals surface area contributed by atoms with Crippen molar-refractivity contribution in [3.63, 3.8) is 0 Å². The Kier molecular flexibility index (Phi) is 5.33. The fourth-order valence-corrected chi connectivity index (χ4v) is 3.42. The SMILES string of the molecule is CCNC(=O)NC(=O)C(C)N1CCCC(n2cnc3ccccc32)C1. The largest absolute Gasteiger partial charge is 0.338 e. The summed E-state index contributed by atoms with van der Waals surface area (Å²) in [4.78, 5) is 30.5. The lowest BCUT2D eigenvalue weighted by molar-refractivity contribution is -0.125. The molecule has 1 fully saturated rings. The van der Waals surface area contributed by atoms with Gasteiger partial charge in [-0.25, -0.2) is 9.78 Å². The van der Waals surface area contributed by atoms with E-state index in [0.29, 0.717) is 6.54 Å². The molecule has 2 N–H and O–H groups in total. The Morgan fingerprint density at radius 2 is 2.16 bits per heavy atom. The number of carbonyl (C=O) groups is 2. The number of likely N-dealkylation sites (tertiary alicyclic amines) is 1. The number of aromatic nitrogens is 2. The molecule has 3 rings (SSSR count). The van der Waals surface area contributed by atoms with Crippen molar-refractivity contribution in [2.24, 2.45) is 0 Å². The minimum atomic E-state index is -0.437. The van der Waals surface area contributed by atoms with Gasteiger partial charge in [-0.1, -0.05) is 12.1 Å². The third-order valence-electron chi connectivity index (χ3n) is 4.80. The van der Waals surface area contributed by atoms with Crippen molar-refractivity contribution < 1.29 is 9.59 Å². The fraction of sp³-hybridized carbons (Fsp3) is 0.500. The first-order chi connectivity index (χ1) is 12.1. The Labute approximate surface area is 147 Å². The quantitative estimate of drug-likeness (QED) is 0.889. The lowest BCUT2D eigenvalue weighted by Gasteiger charge is -2.36. The lowest BCUT2D eigenvalue weighted by atomic mass is 10.0. The molecular formula is C18H25N5O2.